The standard InChI is InChI=1S/C26H36F2O2/c1-17(2)20-9-11-22(12-10-20)21-7-5-19(6-8-21)16-30-24-14-13-23(25(27)26(24)28)29-15-18-3-4-18/h5,13-14,17-18,20-22H,3-4,6-12,15-16H2,1-2H3. The molecule has 0 saturated heterocycles. The number of halogens is 2. The van der Waals surface area contributed by atoms with Crippen LogP contribution in [0.2, 0.25) is 0 Å². The normalized spacial score (nSPS) is 27.1. The van der Waals surface area contributed by atoms with Crippen LogP contribution in [0.3, 0.4) is 0 Å². The maximum Gasteiger partial charge on any atom is 0.204 e. The van der Waals surface area contributed by atoms with Crippen LogP contribution < -0.4 is 9.47 Å². The molecule has 0 N–H and O–H groups in total. The van der Waals surface area contributed by atoms with Crippen LogP contribution in [0.15, 0.2) is 23.8 Å². The molecule has 2 nitrogen and oxygen atoms in total. The van der Waals surface area contributed by atoms with E-state index in [0.717, 1.165) is 49.4 Å². The molecule has 166 valence electrons. The number of rotatable bonds is 8. The van der Waals surface area contributed by atoms with E-state index in [0.29, 0.717) is 19.1 Å². The van der Waals surface area contributed by atoms with Crippen molar-refractivity contribution in [2.24, 2.45) is 29.6 Å². The lowest BCUT2D eigenvalue weighted by Gasteiger charge is -2.36. The van der Waals surface area contributed by atoms with E-state index < -0.39 is 11.6 Å². The van der Waals surface area contributed by atoms with Crippen LogP contribution in [0.25, 0.3) is 0 Å². The van der Waals surface area contributed by atoms with Crippen LogP contribution in [-0.4, -0.2) is 13.2 Å². The summed E-state index contributed by atoms with van der Waals surface area (Å²) in [4.78, 5) is 0. The highest BCUT2D eigenvalue weighted by molar-refractivity contribution is 5.35. The molecule has 0 heterocycles. The SMILES string of the molecule is CC(C)C1CCC(C2CC=C(COc3ccc(OCC4CC4)c(F)c3F)CC2)CC1. The molecule has 1 atom stereocenters. The fourth-order valence-corrected chi connectivity index (χ4v) is 5.15. The van der Waals surface area contributed by atoms with Gasteiger partial charge in [-0.15, -0.1) is 0 Å². The van der Waals surface area contributed by atoms with Crippen molar-refractivity contribution < 1.29 is 18.3 Å². The zero-order valence-electron chi connectivity index (χ0n) is 18.5. The van der Waals surface area contributed by atoms with E-state index in [9.17, 15) is 8.78 Å². The third kappa shape index (κ3) is 5.36. The van der Waals surface area contributed by atoms with Crippen molar-refractivity contribution in [2.75, 3.05) is 13.2 Å². The summed E-state index contributed by atoms with van der Waals surface area (Å²) in [6.45, 7) is 5.50. The average Bonchev–Trinajstić information content (AvgIpc) is 3.59. The molecule has 0 amide bonds. The summed E-state index contributed by atoms with van der Waals surface area (Å²) in [6.07, 6.45) is 13.3. The molecule has 0 spiro atoms. The van der Waals surface area contributed by atoms with Gasteiger partial charge in [0, 0.05) is 0 Å². The first-order chi connectivity index (χ1) is 14.5. The molecular weight excluding hydrogens is 382 g/mol. The minimum Gasteiger partial charge on any atom is -0.490 e. The summed E-state index contributed by atoms with van der Waals surface area (Å²) in [6, 6.07) is 2.97. The molecule has 0 radical (unpaired) electrons. The van der Waals surface area contributed by atoms with Gasteiger partial charge in [-0.2, -0.15) is 8.78 Å². The maximum absolute atomic E-state index is 14.4. The molecule has 4 heteroatoms. The van der Waals surface area contributed by atoms with Gasteiger partial charge in [0.25, 0.3) is 0 Å². The highest BCUT2D eigenvalue weighted by Gasteiger charge is 2.30. The monoisotopic (exact) mass is 418 g/mol. The summed E-state index contributed by atoms with van der Waals surface area (Å²) in [5.41, 5.74) is 1.20. The molecular formula is C26H36F2O2. The third-order valence-electron chi connectivity index (χ3n) is 7.57. The van der Waals surface area contributed by atoms with E-state index in [-0.39, 0.29) is 11.5 Å². The van der Waals surface area contributed by atoms with Gasteiger partial charge in [-0.3, -0.25) is 0 Å². The minimum atomic E-state index is -0.945. The molecule has 2 saturated carbocycles. The van der Waals surface area contributed by atoms with E-state index in [2.05, 4.69) is 19.9 Å². The van der Waals surface area contributed by atoms with Crippen LogP contribution >= 0.6 is 0 Å². The van der Waals surface area contributed by atoms with Gasteiger partial charge >= 0.3 is 0 Å². The Morgan fingerprint density at radius 3 is 2.10 bits per heavy atom. The van der Waals surface area contributed by atoms with E-state index in [1.165, 1.54) is 49.8 Å². The number of hydrogen-bond donors (Lipinski definition) is 0. The van der Waals surface area contributed by atoms with Crippen molar-refractivity contribution in [3.8, 4) is 11.5 Å². The van der Waals surface area contributed by atoms with E-state index in [4.69, 9.17) is 9.47 Å². The van der Waals surface area contributed by atoms with E-state index in [1.54, 1.807) is 0 Å². The Labute approximate surface area is 180 Å². The van der Waals surface area contributed by atoms with Crippen LogP contribution in [0, 0.1) is 41.2 Å². The molecule has 0 aromatic heterocycles. The molecule has 1 aromatic rings. The predicted octanol–water partition coefficient (Wildman–Crippen LogP) is 7.32. The van der Waals surface area contributed by atoms with Crippen molar-refractivity contribution in [1.82, 2.24) is 0 Å². The molecule has 0 bridgehead atoms. The second kappa shape index (κ2) is 9.70. The Kier molecular flexibility index (Phi) is 7.00. The van der Waals surface area contributed by atoms with Gasteiger partial charge < -0.3 is 9.47 Å². The molecule has 3 aliphatic carbocycles. The van der Waals surface area contributed by atoms with Gasteiger partial charge in [0.2, 0.25) is 11.6 Å². The summed E-state index contributed by atoms with van der Waals surface area (Å²) in [7, 11) is 0. The lowest BCUT2D eigenvalue weighted by Crippen LogP contribution is -2.25. The Bertz CT molecular complexity index is 746. The quantitative estimate of drug-likeness (QED) is 0.412. The zero-order chi connectivity index (χ0) is 21.1. The largest absolute Gasteiger partial charge is 0.490 e. The second-order valence-corrected chi connectivity index (χ2v) is 10.0. The van der Waals surface area contributed by atoms with Gasteiger partial charge in [-0.25, -0.2) is 0 Å². The second-order valence-electron chi connectivity index (χ2n) is 10.0. The van der Waals surface area contributed by atoms with E-state index >= 15 is 0 Å². The Morgan fingerprint density at radius 1 is 0.867 bits per heavy atom. The number of benzene rings is 1. The lowest BCUT2D eigenvalue weighted by molar-refractivity contribution is 0.165. The summed E-state index contributed by atoms with van der Waals surface area (Å²) < 4.78 is 39.6. The Morgan fingerprint density at radius 2 is 1.53 bits per heavy atom. The van der Waals surface area contributed by atoms with Gasteiger partial charge in [0.05, 0.1) is 6.61 Å². The van der Waals surface area contributed by atoms with Crippen LogP contribution in [0.5, 0.6) is 11.5 Å². The maximum atomic E-state index is 14.4. The first-order valence-electron chi connectivity index (χ1n) is 11.9. The minimum absolute atomic E-state index is 0.0151. The van der Waals surface area contributed by atoms with Crippen molar-refractivity contribution in [3.63, 3.8) is 0 Å². The Hall–Kier alpha value is -1.58. The van der Waals surface area contributed by atoms with Gasteiger partial charge in [-0.1, -0.05) is 19.9 Å². The van der Waals surface area contributed by atoms with Crippen LogP contribution in [0.4, 0.5) is 8.78 Å². The van der Waals surface area contributed by atoms with Gasteiger partial charge in [-0.05, 0) is 105 Å². The van der Waals surface area contributed by atoms with Crippen molar-refractivity contribution in [3.05, 3.63) is 35.4 Å². The third-order valence-corrected chi connectivity index (χ3v) is 7.57. The van der Waals surface area contributed by atoms with Gasteiger partial charge in [0.15, 0.2) is 11.5 Å². The predicted molar refractivity (Wildman–Crippen MR) is 116 cm³/mol. The summed E-state index contributed by atoms with van der Waals surface area (Å²) in [5.74, 6) is 1.92. The van der Waals surface area contributed by atoms with Crippen molar-refractivity contribution in [1.29, 1.82) is 0 Å². The zero-order valence-corrected chi connectivity index (χ0v) is 18.5. The summed E-state index contributed by atoms with van der Waals surface area (Å²) >= 11 is 0. The fourth-order valence-electron chi connectivity index (χ4n) is 5.15. The topological polar surface area (TPSA) is 18.5 Å². The molecule has 3 aliphatic rings. The van der Waals surface area contributed by atoms with E-state index in [1.807, 2.05) is 0 Å². The number of hydrogen-bond acceptors (Lipinski definition) is 2. The molecule has 0 aliphatic heterocycles. The van der Waals surface area contributed by atoms with Crippen LogP contribution in [0.1, 0.15) is 71.6 Å². The number of ether oxygens (including phenoxy) is 2. The number of allylic oxidation sites excluding steroid dienone is 1. The molecule has 1 unspecified atom stereocenters. The highest BCUT2D eigenvalue weighted by Crippen LogP contribution is 2.41. The first-order valence-corrected chi connectivity index (χ1v) is 11.9. The van der Waals surface area contributed by atoms with Crippen molar-refractivity contribution in [2.45, 2.75) is 71.6 Å². The smallest absolute Gasteiger partial charge is 0.204 e. The molecule has 4 rings (SSSR count). The molecule has 1 aromatic carbocycles. The van der Waals surface area contributed by atoms with Crippen molar-refractivity contribution >= 4 is 0 Å². The summed E-state index contributed by atoms with van der Waals surface area (Å²) in [5, 5.41) is 0. The molecule has 30 heavy (non-hydrogen) atoms. The average molecular weight is 419 g/mol. The first kappa shape index (κ1) is 21.6. The fraction of sp³-hybridized carbons (Fsp3) is 0.692. The lowest BCUT2D eigenvalue weighted by atomic mass is 9.69. The highest BCUT2D eigenvalue weighted by atomic mass is 19.2. The van der Waals surface area contributed by atoms with Gasteiger partial charge in [0.1, 0.15) is 6.61 Å². The molecule has 2 fully saturated rings. The Balaban J connectivity index is 1.25. The van der Waals surface area contributed by atoms with Crippen LogP contribution in [-0.2, 0) is 0 Å².